The van der Waals surface area contributed by atoms with E-state index in [-0.39, 0.29) is 18.3 Å². The van der Waals surface area contributed by atoms with Gasteiger partial charge in [0.2, 0.25) is 5.91 Å². The zero-order valence-electron chi connectivity index (χ0n) is 23.3. The summed E-state index contributed by atoms with van der Waals surface area (Å²) < 4.78 is 4.96. The highest BCUT2D eigenvalue weighted by molar-refractivity contribution is 5.90. The first-order valence-corrected chi connectivity index (χ1v) is 14.8. The first-order valence-electron chi connectivity index (χ1n) is 14.8. The lowest BCUT2D eigenvalue weighted by atomic mass is 10.1. The Balaban J connectivity index is 1.89. The number of unbranched alkanes of at least 4 members (excludes halogenated alkanes) is 15. The predicted octanol–water partition coefficient (Wildman–Crippen LogP) is 9.33. The fourth-order valence-electron chi connectivity index (χ4n) is 4.37. The SMILES string of the molecule is CCCCCCCC/C=C\CCCCCCCCCCCC(=O)Nc1ccc(CC(=O)OCC)cc1. The summed E-state index contributed by atoms with van der Waals surface area (Å²) in [5, 5.41) is 2.95. The Morgan fingerprint density at radius 1 is 0.694 bits per heavy atom. The van der Waals surface area contributed by atoms with Crippen LogP contribution < -0.4 is 5.32 Å². The van der Waals surface area contributed by atoms with Gasteiger partial charge in [0.05, 0.1) is 13.0 Å². The van der Waals surface area contributed by atoms with Gasteiger partial charge in [-0.3, -0.25) is 9.59 Å². The van der Waals surface area contributed by atoms with Crippen molar-refractivity contribution in [3.63, 3.8) is 0 Å². The number of hydrogen-bond acceptors (Lipinski definition) is 3. The molecule has 0 aliphatic rings. The first kappa shape index (κ1) is 31.9. The molecule has 1 amide bonds. The second-order valence-electron chi connectivity index (χ2n) is 9.98. The van der Waals surface area contributed by atoms with Gasteiger partial charge in [-0.15, -0.1) is 0 Å². The van der Waals surface area contributed by atoms with Crippen molar-refractivity contribution in [2.75, 3.05) is 11.9 Å². The van der Waals surface area contributed by atoms with Crippen LogP contribution in [0.3, 0.4) is 0 Å². The van der Waals surface area contributed by atoms with Gasteiger partial charge in [0.1, 0.15) is 0 Å². The third kappa shape index (κ3) is 19.1. The van der Waals surface area contributed by atoms with Crippen molar-refractivity contribution in [1.29, 1.82) is 0 Å². The van der Waals surface area contributed by atoms with Gasteiger partial charge in [0, 0.05) is 12.1 Å². The highest BCUT2D eigenvalue weighted by Gasteiger charge is 2.06. The first-order chi connectivity index (χ1) is 17.7. The molecular formula is C32H53NO3. The largest absolute Gasteiger partial charge is 0.466 e. The summed E-state index contributed by atoms with van der Waals surface area (Å²) in [6.07, 6.45) is 27.7. The van der Waals surface area contributed by atoms with Crippen molar-refractivity contribution in [2.24, 2.45) is 0 Å². The number of ether oxygens (including phenoxy) is 1. The normalized spacial score (nSPS) is 11.2. The van der Waals surface area contributed by atoms with Gasteiger partial charge < -0.3 is 10.1 Å². The number of carbonyl (C=O) groups is 2. The van der Waals surface area contributed by atoms with E-state index in [9.17, 15) is 9.59 Å². The minimum atomic E-state index is -0.226. The molecule has 1 aromatic rings. The molecule has 0 unspecified atom stereocenters. The number of hydrogen-bond donors (Lipinski definition) is 1. The van der Waals surface area contributed by atoms with E-state index in [4.69, 9.17) is 4.74 Å². The Hall–Kier alpha value is -2.10. The molecule has 0 saturated heterocycles. The zero-order chi connectivity index (χ0) is 26.1. The van der Waals surface area contributed by atoms with E-state index in [2.05, 4.69) is 24.4 Å². The Labute approximate surface area is 221 Å². The lowest BCUT2D eigenvalue weighted by Crippen LogP contribution is -2.11. The van der Waals surface area contributed by atoms with Gasteiger partial charge in [-0.1, -0.05) is 108 Å². The monoisotopic (exact) mass is 499 g/mol. The molecule has 1 rings (SSSR count). The van der Waals surface area contributed by atoms with Crippen molar-refractivity contribution in [3.05, 3.63) is 42.0 Å². The van der Waals surface area contributed by atoms with Crippen LogP contribution in [0.2, 0.25) is 0 Å². The molecule has 0 aromatic heterocycles. The number of amides is 1. The second kappa shape index (κ2) is 23.3. The molecule has 0 bridgehead atoms. The maximum Gasteiger partial charge on any atom is 0.310 e. The van der Waals surface area contributed by atoms with Crippen LogP contribution in [0, 0.1) is 0 Å². The van der Waals surface area contributed by atoms with Gasteiger partial charge in [0.15, 0.2) is 0 Å². The molecule has 0 aliphatic carbocycles. The van der Waals surface area contributed by atoms with E-state index >= 15 is 0 Å². The Morgan fingerprint density at radius 3 is 1.72 bits per heavy atom. The topological polar surface area (TPSA) is 55.4 Å². The molecule has 0 saturated carbocycles. The van der Waals surface area contributed by atoms with Crippen molar-refractivity contribution in [2.45, 2.75) is 136 Å². The molecule has 204 valence electrons. The van der Waals surface area contributed by atoms with Gasteiger partial charge in [-0.05, 0) is 56.7 Å². The van der Waals surface area contributed by atoms with Gasteiger partial charge >= 0.3 is 5.97 Å². The average Bonchev–Trinajstić information content (AvgIpc) is 2.87. The summed E-state index contributed by atoms with van der Waals surface area (Å²) in [6.45, 7) is 4.47. The third-order valence-electron chi connectivity index (χ3n) is 6.56. The van der Waals surface area contributed by atoms with E-state index in [1.54, 1.807) is 6.92 Å². The molecule has 1 N–H and O–H groups in total. The molecule has 0 atom stereocenters. The highest BCUT2D eigenvalue weighted by Crippen LogP contribution is 2.14. The summed E-state index contributed by atoms with van der Waals surface area (Å²) >= 11 is 0. The molecular weight excluding hydrogens is 446 g/mol. The fourth-order valence-corrected chi connectivity index (χ4v) is 4.37. The summed E-state index contributed by atoms with van der Waals surface area (Å²) in [6, 6.07) is 7.42. The molecule has 0 fully saturated rings. The number of carbonyl (C=O) groups excluding carboxylic acids is 2. The van der Waals surface area contributed by atoms with Crippen molar-refractivity contribution in [3.8, 4) is 0 Å². The molecule has 0 radical (unpaired) electrons. The van der Waals surface area contributed by atoms with Crippen molar-refractivity contribution in [1.82, 2.24) is 0 Å². The van der Waals surface area contributed by atoms with Crippen LogP contribution in [0.25, 0.3) is 0 Å². The Bertz CT molecular complexity index is 696. The Kier molecular flexibility index (Phi) is 20.7. The standard InChI is InChI=1S/C32H53NO3/c1-3-5-6-7-8-9-10-11-12-13-14-15-16-17-18-19-20-21-22-23-31(34)33-30-26-24-29(25-27-30)28-32(35)36-4-2/h11-12,24-27H,3-10,13-23,28H2,1-2H3,(H,33,34)/b12-11-. The van der Waals surface area contributed by atoms with Gasteiger partial charge in [-0.2, -0.15) is 0 Å². The quantitative estimate of drug-likeness (QED) is 0.0927. The van der Waals surface area contributed by atoms with Gasteiger partial charge in [-0.25, -0.2) is 0 Å². The minimum Gasteiger partial charge on any atom is -0.466 e. The van der Waals surface area contributed by atoms with Gasteiger partial charge in [0.25, 0.3) is 0 Å². The summed E-state index contributed by atoms with van der Waals surface area (Å²) in [4.78, 5) is 23.7. The third-order valence-corrected chi connectivity index (χ3v) is 6.56. The number of nitrogens with one attached hydrogen (secondary N) is 1. The average molecular weight is 500 g/mol. The molecule has 0 heterocycles. The molecule has 4 heteroatoms. The minimum absolute atomic E-state index is 0.0640. The zero-order valence-corrected chi connectivity index (χ0v) is 23.3. The van der Waals surface area contributed by atoms with Crippen LogP contribution >= 0.6 is 0 Å². The Morgan fingerprint density at radius 2 is 1.19 bits per heavy atom. The van der Waals surface area contributed by atoms with Crippen LogP contribution in [0.4, 0.5) is 5.69 Å². The number of esters is 1. The van der Waals surface area contributed by atoms with Crippen LogP contribution in [0.15, 0.2) is 36.4 Å². The lowest BCUT2D eigenvalue weighted by Gasteiger charge is -2.07. The summed E-state index contributed by atoms with van der Waals surface area (Å²) in [5.74, 6) is -0.162. The molecule has 1 aromatic carbocycles. The van der Waals surface area contributed by atoms with Crippen LogP contribution in [0.5, 0.6) is 0 Å². The fraction of sp³-hybridized carbons (Fsp3) is 0.688. The second-order valence-corrected chi connectivity index (χ2v) is 9.98. The lowest BCUT2D eigenvalue weighted by molar-refractivity contribution is -0.142. The van der Waals surface area contributed by atoms with E-state index in [1.165, 1.54) is 96.3 Å². The smallest absolute Gasteiger partial charge is 0.310 e. The maximum atomic E-state index is 12.2. The van der Waals surface area contributed by atoms with Crippen molar-refractivity contribution < 1.29 is 14.3 Å². The van der Waals surface area contributed by atoms with E-state index in [0.29, 0.717) is 13.0 Å². The van der Waals surface area contributed by atoms with E-state index in [0.717, 1.165) is 24.1 Å². The highest BCUT2D eigenvalue weighted by atomic mass is 16.5. The molecule has 0 aliphatic heterocycles. The predicted molar refractivity (Wildman–Crippen MR) is 153 cm³/mol. The van der Waals surface area contributed by atoms with E-state index in [1.807, 2.05) is 24.3 Å². The number of benzene rings is 1. The molecule has 36 heavy (non-hydrogen) atoms. The van der Waals surface area contributed by atoms with Crippen LogP contribution in [-0.2, 0) is 20.7 Å². The number of allylic oxidation sites excluding steroid dienone is 2. The molecule has 4 nitrogen and oxygen atoms in total. The summed E-state index contributed by atoms with van der Waals surface area (Å²) in [7, 11) is 0. The van der Waals surface area contributed by atoms with Crippen LogP contribution in [-0.4, -0.2) is 18.5 Å². The van der Waals surface area contributed by atoms with Crippen LogP contribution in [0.1, 0.15) is 135 Å². The van der Waals surface area contributed by atoms with E-state index < -0.39 is 0 Å². The molecule has 0 spiro atoms. The maximum absolute atomic E-state index is 12.2. The van der Waals surface area contributed by atoms with Crippen molar-refractivity contribution >= 4 is 17.6 Å². The number of rotatable bonds is 23. The number of anilines is 1. The summed E-state index contributed by atoms with van der Waals surface area (Å²) in [5.41, 5.74) is 1.67.